The Morgan fingerprint density at radius 1 is 1.27 bits per heavy atom. The van der Waals surface area contributed by atoms with Gasteiger partial charge in [0.05, 0.1) is 12.3 Å². The number of carbonyl (C=O) groups is 2. The molecule has 0 saturated heterocycles. The molecule has 0 radical (unpaired) electrons. The Balaban J connectivity index is 3.01. The Morgan fingerprint density at radius 2 is 1.82 bits per heavy atom. The summed E-state index contributed by atoms with van der Waals surface area (Å²) in [6, 6.07) is 5.61. The highest BCUT2D eigenvalue weighted by atomic mass is 19.1. The summed E-state index contributed by atoms with van der Waals surface area (Å²) < 4.78 is 18.1. The number of carbonyl (C=O) groups excluding carboxylic acids is 1. The maximum atomic E-state index is 12.9. The van der Waals surface area contributed by atoms with Gasteiger partial charge in [0.25, 0.3) is 0 Å². The lowest BCUT2D eigenvalue weighted by Gasteiger charge is -2.21. The Labute approximate surface area is 129 Å². The number of hydrogen-bond donors (Lipinski definition) is 1. The second-order valence-corrected chi connectivity index (χ2v) is 6.09. The van der Waals surface area contributed by atoms with Crippen molar-refractivity contribution in [1.29, 1.82) is 0 Å². The molecule has 1 rings (SSSR count). The monoisotopic (exact) mass is 308 g/mol. The van der Waals surface area contributed by atoms with Crippen molar-refractivity contribution in [2.24, 2.45) is 5.92 Å². The fourth-order valence-corrected chi connectivity index (χ4v) is 1.81. The third-order valence-corrected chi connectivity index (χ3v) is 2.92. The third-order valence-electron chi connectivity index (χ3n) is 2.92. The number of rotatable bonds is 5. The van der Waals surface area contributed by atoms with E-state index >= 15 is 0 Å². The molecule has 0 saturated carbocycles. The van der Waals surface area contributed by atoms with Crippen LogP contribution in [0.3, 0.4) is 0 Å². The molecule has 4 nitrogen and oxygen atoms in total. The number of aliphatic carboxylic acids is 1. The van der Waals surface area contributed by atoms with E-state index in [0.29, 0.717) is 11.1 Å². The van der Waals surface area contributed by atoms with Crippen LogP contribution in [0.5, 0.6) is 0 Å². The van der Waals surface area contributed by atoms with Crippen LogP contribution in [-0.4, -0.2) is 22.6 Å². The minimum atomic E-state index is -1.03. The maximum absolute atomic E-state index is 12.9. The zero-order valence-electron chi connectivity index (χ0n) is 13.2. The first-order valence-electron chi connectivity index (χ1n) is 6.99. The third kappa shape index (κ3) is 6.08. The fourth-order valence-electron chi connectivity index (χ4n) is 1.81. The van der Waals surface area contributed by atoms with Crippen LogP contribution >= 0.6 is 0 Å². The quantitative estimate of drug-likeness (QED) is 0.843. The molecule has 1 aromatic carbocycles. The van der Waals surface area contributed by atoms with Gasteiger partial charge in [-0.2, -0.15) is 0 Å². The van der Waals surface area contributed by atoms with Gasteiger partial charge in [0.2, 0.25) is 0 Å². The highest BCUT2D eigenvalue weighted by molar-refractivity contribution is 5.81. The van der Waals surface area contributed by atoms with Crippen molar-refractivity contribution < 1.29 is 23.8 Å². The van der Waals surface area contributed by atoms with Crippen molar-refractivity contribution in [3.8, 4) is 0 Å². The van der Waals surface area contributed by atoms with Crippen molar-refractivity contribution in [3.63, 3.8) is 0 Å². The first-order chi connectivity index (χ1) is 10.1. The molecule has 1 unspecified atom stereocenters. The predicted molar refractivity (Wildman–Crippen MR) is 81.6 cm³/mol. The average molecular weight is 308 g/mol. The van der Waals surface area contributed by atoms with Gasteiger partial charge in [0.15, 0.2) is 0 Å². The predicted octanol–water partition coefficient (Wildman–Crippen LogP) is 3.66. The lowest BCUT2D eigenvalue weighted by Crippen LogP contribution is -2.25. The minimum Gasteiger partial charge on any atom is -0.481 e. The Bertz CT molecular complexity index is 567. The first-order valence-corrected chi connectivity index (χ1v) is 6.99. The van der Waals surface area contributed by atoms with Crippen molar-refractivity contribution in [2.75, 3.05) is 0 Å². The van der Waals surface area contributed by atoms with E-state index in [0.717, 1.165) is 0 Å². The summed E-state index contributed by atoms with van der Waals surface area (Å²) >= 11 is 0. The van der Waals surface area contributed by atoms with Crippen LogP contribution in [0, 0.1) is 11.7 Å². The van der Waals surface area contributed by atoms with Crippen LogP contribution < -0.4 is 0 Å². The van der Waals surface area contributed by atoms with Crippen LogP contribution in [0.1, 0.15) is 39.7 Å². The van der Waals surface area contributed by atoms with E-state index in [1.165, 1.54) is 31.2 Å². The van der Waals surface area contributed by atoms with E-state index in [4.69, 9.17) is 9.84 Å². The maximum Gasteiger partial charge on any atom is 0.310 e. The van der Waals surface area contributed by atoms with E-state index in [-0.39, 0.29) is 12.2 Å². The number of hydrogen-bond acceptors (Lipinski definition) is 3. The van der Waals surface area contributed by atoms with Gasteiger partial charge in [-0.25, -0.2) is 4.39 Å². The van der Waals surface area contributed by atoms with Gasteiger partial charge in [-0.15, -0.1) is 0 Å². The van der Waals surface area contributed by atoms with Crippen molar-refractivity contribution >= 4 is 18.0 Å². The second kappa shape index (κ2) is 7.20. The number of halogens is 1. The van der Waals surface area contributed by atoms with Crippen molar-refractivity contribution in [2.45, 2.75) is 39.7 Å². The highest BCUT2D eigenvalue weighted by Crippen LogP contribution is 2.21. The summed E-state index contributed by atoms with van der Waals surface area (Å²) in [6.07, 6.45) is 1.46. The lowest BCUT2D eigenvalue weighted by atomic mass is 9.95. The van der Waals surface area contributed by atoms with E-state index in [1.54, 1.807) is 26.8 Å². The number of benzene rings is 1. The Morgan fingerprint density at radius 3 is 2.27 bits per heavy atom. The summed E-state index contributed by atoms with van der Waals surface area (Å²) in [7, 11) is 0. The van der Waals surface area contributed by atoms with Gasteiger partial charge in [0, 0.05) is 0 Å². The SMILES string of the molecule is CC(C(=O)O)C(=Cc1ccc(F)cc1)CC(=O)OC(C)(C)C. The topological polar surface area (TPSA) is 63.6 Å². The van der Waals surface area contributed by atoms with Crippen molar-refractivity contribution in [1.82, 2.24) is 0 Å². The van der Waals surface area contributed by atoms with Gasteiger partial charge in [-0.3, -0.25) is 9.59 Å². The molecular formula is C17H21FO4. The van der Waals surface area contributed by atoms with Crippen molar-refractivity contribution in [3.05, 3.63) is 41.2 Å². The van der Waals surface area contributed by atoms with E-state index in [1.807, 2.05) is 0 Å². The van der Waals surface area contributed by atoms with Gasteiger partial charge in [-0.05, 0) is 51.0 Å². The number of ether oxygens (including phenoxy) is 1. The first kappa shape index (κ1) is 17.9. The molecule has 0 amide bonds. The second-order valence-electron chi connectivity index (χ2n) is 6.09. The van der Waals surface area contributed by atoms with Gasteiger partial charge in [0.1, 0.15) is 11.4 Å². The smallest absolute Gasteiger partial charge is 0.310 e. The van der Waals surface area contributed by atoms with E-state index < -0.39 is 23.5 Å². The standard InChI is InChI=1S/C17H21FO4/c1-11(16(20)21)13(10-15(19)22-17(2,3)4)9-12-5-7-14(18)8-6-12/h5-9,11H,10H2,1-4H3,(H,20,21). The fraction of sp³-hybridized carbons (Fsp3) is 0.412. The molecule has 1 atom stereocenters. The summed E-state index contributed by atoms with van der Waals surface area (Å²) in [5.41, 5.74) is 0.409. The highest BCUT2D eigenvalue weighted by Gasteiger charge is 2.23. The zero-order valence-corrected chi connectivity index (χ0v) is 13.2. The summed E-state index contributed by atoms with van der Waals surface area (Å²) in [5, 5.41) is 9.17. The summed E-state index contributed by atoms with van der Waals surface area (Å²) in [5.74, 6) is -2.74. The molecule has 22 heavy (non-hydrogen) atoms. The van der Waals surface area contributed by atoms with Crippen LogP contribution in [0.4, 0.5) is 4.39 Å². The summed E-state index contributed by atoms with van der Waals surface area (Å²) in [4.78, 5) is 23.1. The van der Waals surface area contributed by atoms with Gasteiger partial charge in [-0.1, -0.05) is 18.2 Å². The molecule has 0 aliphatic heterocycles. The molecule has 1 aromatic rings. The zero-order chi connectivity index (χ0) is 16.9. The Kier molecular flexibility index (Phi) is 5.85. The van der Waals surface area contributed by atoms with E-state index in [2.05, 4.69) is 0 Å². The largest absolute Gasteiger partial charge is 0.481 e. The molecule has 0 aliphatic carbocycles. The molecule has 0 heterocycles. The summed E-state index contributed by atoms with van der Waals surface area (Å²) in [6.45, 7) is 6.74. The molecular weight excluding hydrogens is 287 g/mol. The number of esters is 1. The van der Waals surface area contributed by atoms with Crippen LogP contribution in [-0.2, 0) is 14.3 Å². The number of carboxylic acids is 1. The van der Waals surface area contributed by atoms with Crippen LogP contribution in [0.15, 0.2) is 29.8 Å². The number of carboxylic acid groups (broad SMARTS) is 1. The molecule has 5 heteroatoms. The van der Waals surface area contributed by atoms with Crippen LogP contribution in [0.25, 0.3) is 6.08 Å². The molecule has 0 aromatic heterocycles. The van der Waals surface area contributed by atoms with Gasteiger partial charge >= 0.3 is 11.9 Å². The van der Waals surface area contributed by atoms with Gasteiger partial charge < -0.3 is 9.84 Å². The molecule has 0 fully saturated rings. The minimum absolute atomic E-state index is 0.123. The molecule has 0 aliphatic rings. The van der Waals surface area contributed by atoms with E-state index in [9.17, 15) is 14.0 Å². The lowest BCUT2D eigenvalue weighted by molar-refractivity contribution is -0.154. The van der Waals surface area contributed by atoms with Crippen LogP contribution in [0.2, 0.25) is 0 Å². The normalized spacial score (nSPS) is 13.6. The molecule has 1 N–H and O–H groups in total. The average Bonchev–Trinajstić information content (AvgIpc) is 2.37. The molecule has 0 bridgehead atoms. The molecule has 120 valence electrons. The molecule has 0 spiro atoms. The Hall–Kier alpha value is -2.17.